The van der Waals surface area contributed by atoms with Gasteiger partial charge >= 0.3 is 0 Å². The molecular weight excluding hydrogens is 232 g/mol. The molecule has 1 saturated carbocycles. The zero-order valence-electron chi connectivity index (χ0n) is 11.2. The van der Waals surface area contributed by atoms with Crippen LogP contribution in [0.5, 0.6) is 0 Å². The van der Waals surface area contributed by atoms with Crippen LogP contribution in [0.3, 0.4) is 0 Å². The molecule has 0 aliphatic heterocycles. The first-order chi connectivity index (χ1) is 9.42. The summed E-state index contributed by atoms with van der Waals surface area (Å²) in [7, 11) is 0. The number of rotatable bonds is 3. The lowest BCUT2D eigenvalue weighted by molar-refractivity contribution is 0.134. The summed E-state index contributed by atoms with van der Waals surface area (Å²) < 4.78 is 5.68. The third-order valence-corrected chi connectivity index (χ3v) is 4.61. The molecule has 1 fully saturated rings. The number of hydrogen-bond donors (Lipinski definition) is 0. The number of ether oxygens (including phenoxy) is 1. The van der Waals surface area contributed by atoms with Gasteiger partial charge in [-0.3, -0.25) is 0 Å². The molecule has 2 aromatic rings. The molecule has 0 saturated heterocycles. The van der Waals surface area contributed by atoms with Crippen LogP contribution in [0.1, 0.15) is 29.9 Å². The van der Waals surface area contributed by atoms with E-state index in [1.807, 2.05) is 0 Å². The Balaban J connectivity index is 1.82. The van der Waals surface area contributed by atoms with Gasteiger partial charge in [-0.2, -0.15) is 0 Å². The van der Waals surface area contributed by atoms with Gasteiger partial charge < -0.3 is 4.74 Å². The Hall–Kier alpha value is -1.60. The Morgan fingerprint density at radius 3 is 1.89 bits per heavy atom. The molecule has 19 heavy (non-hydrogen) atoms. The van der Waals surface area contributed by atoms with Gasteiger partial charge in [-0.25, -0.2) is 0 Å². The number of benzene rings is 2. The summed E-state index contributed by atoms with van der Waals surface area (Å²) in [4.78, 5) is 0. The number of fused-ring (bicyclic) bond motifs is 6. The highest BCUT2D eigenvalue weighted by Gasteiger charge is 2.55. The summed E-state index contributed by atoms with van der Waals surface area (Å²) in [5.74, 6) is 2.03. The van der Waals surface area contributed by atoms with E-state index in [-0.39, 0.29) is 0 Å². The predicted octanol–water partition coefficient (Wildman–Crippen LogP) is 4.20. The van der Waals surface area contributed by atoms with E-state index >= 15 is 0 Å². The van der Waals surface area contributed by atoms with Gasteiger partial charge in [0.25, 0.3) is 0 Å². The highest BCUT2D eigenvalue weighted by molar-refractivity contribution is 5.77. The van der Waals surface area contributed by atoms with E-state index in [4.69, 9.17) is 4.74 Å². The van der Waals surface area contributed by atoms with E-state index < -0.39 is 0 Å². The lowest BCUT2D eigenvalue weighted by Gasteiger charge is -2.18. The molecule has 1 nitrogen and oxygen atoms in total. The molecule has 1 unspecified atom stereocenters. The lowest BCUT2D eigenvalue weighted by Crippen LogP contribution is -1.98. The Labute approximate surface area is 114 Å². The quantitative estimate of drug-likeness (QED) is 0.793. The second-order valence-corrected chi connectivity index (χ2v) is 5.55. The maximum Gasteiger partial charge on any atom is 0.0506 e. The summed E-state index contributed by atoms with van der Waals surface area (Å²) in [6.07, 6.45) is 0. The zero-order chi connectivity index (χ0) is 12.8. The van der Waals surface area contributed by atoms with Gasteiger partial charge in [0.15, 0.2) is 0 Å². The van der Waals surface area contributed by atoms with Crippen molar-refractivity contribution in [2.45, 2.75) is 18.8 Å². The van der Waals surface area contributed by atoms with Crippen molar-refractivity contribution >= 4 is 0 Å². The van der Waals surface area contributed by atoms with E-state index in [9.17, 15) is 0 Å². The fourth-order valence-electron chi connectivity index (χ4n) is 3.75. The smallest absolute Gasteiger partial charge is 0.0506 e. The van der Waals surface area contributed by atoms with Crippen LogP contribution in [0.25, 0.3) is 11.1 Å². The Kier molecular flexibility index (Phi) is 2.49. The van der Waals surface area contributed by atoms with Crippen molar-refractivity contribution < 1.29 is 4.74 Å². The SMILES string of the molecule is CCOCC1[C@H]2c3ccccc3-c3ccccc3[C@@H]12. The van der Waals surface area contributed by atoms with Crippen LogP contribution >= 0.6 is 0 Å². The fraction of sp³-hybridized carbons (Fsp3) is 0.333. The molecule has 2 aromatic carbocycles. The Bertz CT molecular complexity index is 565. The van der Waals surface area contributed by atoms with E-state index in [2.05, 4.69) is 55.5 Å². The van der Waals surface area contributed by atoms with Crippen molar-refractivity contribution in [1.29, 1.82) is 0 Å². The van der Waals surface area contributed by atoms with E-state index in [0.29, 0.717) is 17.8 Å². The van der Waals surface area contributed by atoms with Crippen LogP contribution in [0.2, 0.25) is 0 Å². The van der Waals surface area contributed by atoms with E-state index in [1.165, 1.54) is 22.3 Å². The molecule has 4 rings (SSSR count). The van der Waals surface area contributed by atoms with Crippen molar-refractivity contribution in [3.05, 3.63) is 59.7 Å². The molecular formula is C18H18O. The first-order valence-corrected chi connectivity index (χ1v) is 7.17. The minimum Gasteiger partial charge on any atom is -0.381 e. The van der Waals surface area contributed by atoms with Gasteiger partial charge in [-0.15, -0.1) is 0 Å². The zero-order valence-corrected chi connectivity index (χ0v) is 11.2. The van der Waals surface area contributed by atoms with Crippen LogP contribution in [-0.4, -0.2) is 13.2 Å². The summed E-state index contributed by atoms with van der Waals surface area (Å²) in [6.45, 7) is 3.79. The first-order valence-electron chi connectivity index (χ1n) is 7.17. The van der Waals surface area contributed by atoms with Crippen LogP contribution in [-0.2, 0) is 4.74 Å². The van der Waals surface area contributed by atoms with Crippen molar-refractivity contribution in [3.8, 4) is 11.1 Å². The molecule has 0 bridgehead atoms. The summed E-state index contributed by atoms with van der Waals surface area (Å²) >= 11 is 0. The molecule has 2 aliphatic carbocycles. The van der Waals surface area contributed by atoms with Crippen LogP contribution in [0.4, 0.5) is 0 Å². The fourth-order valence-corrected chi connectivity index (χ4v) is 3.75. The normalized spacial score (nSPS) is 26.3. The van der Waals surface area contributed by atoms with Crippen LogP contribution in [0.15, 0.2) is 48.5 Å². The Morgan fingerprint density at radius 2 is 1.37 bits per heavy atom. The topological polar surface area (TPSA) is 9.23 Å². The van der Waals surface area contributed by atoms with Crippen molar-refractivity contribution in [1.82, 2.24) is 0 Å². The number of hydrogen-bond acceptors (Lipinski definition) is 1. The Morgan fingerprint density at radius 1 is 0.842 bits per heavy atom. The highest BCUT2D eigenvalue weighted by atomic mass is 16.5. The average Bonchev–Trinajstić information content (AvgIpc) is 3.20. The van der Waals surface area contributed by atoms with Crippen LogP contribution < -0.4 is 0 Å². The van der Waals surface area contributed by atoms with Gasteiger partial charge in [0, 0.05) is 6.61 Å². The predicted molar refractivity (Wildman–Crippen MR) is 77.3 cm³/mol. The minimum absolute atomic E-state index is 0.671. The average molecular weight is 250 g/mol. The minimum atomic E-state index is 0.671. The lowest BCUT2D eigenvalue weighted by atomic mass is 9.86. The summed E-state index contributed by atoms with van der Waals surface area (Å²) in [5.41, 5.74) is 5.91. The molecule has 0 amide bonds. The van der Waals surface area contributed by atoms with Gasteiger partial charge in [-0.1, -0.05) is 48.5 Å². The van der Waals surface area contributed by atoms with Gasteiger partial charge in [0.2, 0.25) is 0 Å². The third kappa shape index (κ3) is 1.58. The second kappa shape index (κ2) is 4.21. The van der Waals surface area contributed by atoms with E-state index in [0.717, 1.165) is 13.2 Å². The molecule has 1 heteroatoms. The van der Waals surface area contributed by atoms with Crippen molar-refractivity contribution in [2.75, 3.05) is 13.2 Å². The highest BCUT2D eigenvalue weighted by Crippen LogP contribution is 2.66. The molecule has 0 heterocycles. The van der Waals surface area contributed by atoms with Gasteiger partial charge in [-0.05, 0) is 46.9 Å². The molecule has 96 valence electrons. The van der Waals surface area contributed by atoms with Crippen molar-refractivity contribution in [3.63, 3.8) is 0 Å². The summed E-state index contributed by atoms with van der Waals surface area (Å²) in [6, 6.07) is 17.8. The second-order valence-electron chi connectivity index (χ2n) is 5.55. The molecule has 2 aliphatic rings. The van der Waals surface area contributed by atoms with Crippen molar-refractivity contribution in [2.24, 2.45) is 5.92 Å². The van der Waals surface area contributed by atoms with Gasteiger partial charge in [0.05, 0.1) is 6.61 Å². The summed E-state index contributed by atoms with van der Waals surface area (Å²) in [5, 5.41) is 0. The molecule has 3 atom stereocenters. The first kappa shape index (κ1) is 11.2. The third-order valence-electron chi connectivity index (χ3n) is 4.61. The molecule has 0 radical (unpaired) electrons. The monoisotopic (exact) mass is 250 g/mol. The standard InChI is InChI=1S/C18H18O/c1-2-19-11-16-17-14-9-5-3-7-12(14)13-8-4-6-10-15(13)18(16)17/h3-10,16-18H,2,11H2,1H3/t16?,17-,18+. The van der Waals surface area contributed by atoms with E-state index in [1.54, 1.807) is 0 Å². The molecule has 0 N–H and O–H groups in total. The maximum absolute atomic E-state index is 5.68. The molecule has 0 spiro atoms. The molecule has 0 aromatic heterocycles. The largest absolute Gasteiger partial charge is 0.381 e. The van der Waals surface area contributed by atoms with Crippen LogP contribution in [0, 0.1) is 5.92 Å². The van der Waals surface area contributed by atoms with Gasteiger partial charge in [0.1, 0.15) is 0 Å². The maximum atomic E-state index is 5.68.